The minimum Gasteiger partial charge on any atom is -0.497 e. The van der Waals surface area contributed by atoms with Crippen LogP contribution in [0.2, 0.25) is 0 Å². The lowest BCUT2D eigenvalue weighted by Crippen LogP contribution is -2.12. The maximum Gasteiger partial charge on any atom is 0.259 e. The molecule has 0 aliphatic heterocycles. The number of nitrogens with zero attached hydrogens (tertiary/aromatic N) is 4. The molecular formula is C17H13N5O2S. The van der Waals surface area contributed by atoms with E-state index in [4.69, 9.17) is 4.74 Å². The van der Waals surface area contributed by atoms with Crippen LogP contribution < -0.4 is 10.1 Å². The van der Waals surface area contributed by atoms with Crippen LogP contribution >= 0.6 is 11.3 Å². The molecule has 0 unspecified atom stereocenters. The average Bonchev–Trinajstić information content (AvgIpc) is 3.30. The van der Waals surface area contributed by atoms with E-state index in [0.717, 1.165) is 16.0 Å². The van der Waals surface area contributed by atoms with Crippen LogP contribution in [-0.2, 0) is 0 Å². The van der Waals surface area contributed by atoms with E-state index in [-0.39, 0.29) is 5.91 Å². The zero-order chi connectivity index (χ0) is 17.2. The van der Waals surface area contributed by atoms with Gasteiger partial charge in [-0.3, -0.25) is 14.7 Å². The smallest absolute Gasteiger partial charge is 0.259 e. The van der Waals surface area contributed by atoms with Gasteiger partial charge in [0.05, 0.1) is 22.9 Å². The monoisotopic (exact) mass is 351 g/mol. The van der Waals surface area contributed by atoms with Crippen molar-refractivity contribution in [3.05, 3.63) is 60.8 Å². The summed E-state index contributed by atoms with van der Waals surface area (Å²) < 4.78 is 7.91. The van der Waals surface area contributed by atoms with Crippen molar-refractivity contribution in [1.29, 1.82) is 0 Å². The van der Waals surface area contributed by atoms with Crippen molar-refractivity contribution in [2.24, 2.45) is 0 Å². The van der Waals surface area contributed by atoms with Crippen LogP contribution in [0, 0.1) is 0 Å². The Bertz CT molecular complexity index is 1030. The summed E-state index contributed by atoms with van der Waals surface area (Å²) in [5.74, 6) is 1.20. The minimum atomic E-state index is -0.254. The highest BCUT2D eigenvalue weighted by atomic mass is 32.1. The molecule has 1 amide bonds. The molecule has 3 aromatic heterocycles. The average molecular weight is 351 g/mol. The summed E-state index contributed by atoms with van der Waals surface area (Å²) in [5.41, 5.74) is 1.27. The minimum absolute atomic E-state index is 0.254. The molecule has 0 saturated heterocycles. The summed E-state index contributed by atoms with van der Waals surface area (Å²) in [7, 11) is 1.62. The number of anilines is 1. The number of benzene rings is 1. The number of carbonyl (C=O) groups is 1. The Kier molecular flexibility index (Phi) is 3.87. The summed E-state index contributed by atoms with van der Waals surface area (Å²) in [4.78, 5) is 25.0. The molecule has 3 heterocycles. The van der Waals surface area contributed by atoms with Gasteiger partial charge in [-0.05, 0) is 30.3 Å². The third-order valence-electron chi connectivity index (χ3n) is 3.60. The summed E-state index contributed by atoms with van der Waals surface area (Å²) in [6, 6.07) is 9.08. The molecule has 1 aromatic carbocycles. The molecule has 8 heteroatoms. The highest BCUT2D eigenvalue weighted by Gasteiger charge is 2.11. The van der Waals surface area contributed by atoms with Crippen molar-refractivity contribution >= 4 is 32.6 Å². The fourth-order valence-corrected chi connectivity index (χ4v) is 3.21. The third kappa shape index (κ3) is 3.07. The van der Waals surface area contributed by atoms with Crippen LogP contribution in [-0.4, -0.2) is 32.5 Å². The number of hydrogen-bond acceptors (Lipinski definition) is 6. The number of fused-ring (bicyclic) bond motifs is 1. The molecule has 4 aromatic rings. The molecule has 124 valence electrons. The SMILES string of the molecule is COc1ccc2nc(NC(=O)c3ccc(-n4ccnc4)nc3)sc2c1. The fraction of sp³-hybridized carbons (Fsp3) is 0.0588. The lowest BCUT2D eigenvalue weighted by atomic mass is 10.2. The molecule has 0 atom stereocenters. The molecule has 0 spiro atoms. The van der Waals surface area contributed by atoms with Gasteiger partial charge in [-0.15, -0.1) is 0 Å². The zero-order valence-electron chi connectivity index (χ0n) is 13.2. The fourth-order valence-electron chi connectivity index (χ4n) is 2.32. The summed E-state index contributed by atoms with van der Waals surface area (Å²) in [5, 5.41) is 3.34. The molecule has 1 N–H and O–H groups in total. The Morgan fingerprint density at radius 3 is 2.92 bits per heavy atom. The molecule has 4 rings (SSSR count). The van der Waals surface area contributed by atoms with Crippen molar-refractivity contribution in [2.45, 2.75) is 0 Å². The number of aromatic nitrogens is 4. The second kappa shape index (κ2) is 6.33. The standard InChI is InChI=1S/C17H13N5O2S/c1-24-12-3-4-13-14(8-12)25-17(20-13)21-16(23)11-2-5-15(19-9-11)22-7-6-18-10-22/h2-10H,1H3,(H,20,21,23). The van der Waals surface area contributed by atoms with Gasteiger partial charge in [0, 0.05) is 18.6 Å². The van der Waals surface area contributed by atoms with E-state index in [1.165, 1.54) is 17.5 Å². The van der Waals surface area contributed by atoms with Crippen molar-refractivity contribution in [1.82, 2.24) is 19.5 Å². The van der Waals surface area contributed by atoms with Crippen molar-refractivity contribution in [3.63, 3.8) is 0 Å². The molecule has 0 radical (unpaired) electrons. The number of pyridine rings is 1. The van der Waals surface area contributed by atoms with Crippen LogP contribution in [0.1, 0.15) is 10.4 Å². The van der Waals surface area contributed by atoms with E-state index in [2.05, 4.69) is 20.3 Å². The Labute approximate surface area is 147 Å². The highest BCUT2D eigenvalue weighted by Crippen LogP contribution is 2.29. The lowest BCUT2D eigenvalue weighted by Gasteiger charge is -2.03. The molecule has 7 nitrogen and oxygen atoms in total. The topological polar surface area (TPSA) is 81.9 Å². The largest absolute Gasteiger partial charge is 0.497 e. The number of thiazole rings is 1. The van der Waals surface area contributed by atoms with E-state index >= 15 is 0 Å². The van der Waals surface area contributed by atoms with Crippen LogP contribution in [0.4, 0.5) is 5.13 Å². The van der Waals surface area contributed by atoms with Crippen LogP contribution in [0.5, 0.6) is 5.75 Å². The Morgan fingerprint density at radius 1 is 1.28 bits per heavy atom. The highest BCUT2D eigenvalue weighted by molar-refractivity contribution is 7.22. The van der Waals surface area contributed by atoms with Crippen LogP contribution in [0.15, 0.2) is 55.2 Å². The van der Waals surface area contributed by atoms with Crippen LogP contribution in [0.25, 0.3) is 16.0 Å². The predicted molar refractivity (Wildman–Crippen MR) is 95.5 cm³/mol. The summed E-state index contributed by atoms with van der Waals surface area (Å²) in [6.07, 6.45) is 6.64. The first-order valence-corrected chi connectivity index (χ1v) is 8.25. The van der Waals surface area contributed by atoms with Crippen molar-refractivity contribution in [3.8, 4) is 11.6 Å². The Morgan fingerprint density at radius 2 is 2.20 bits per heavy atom. The molecule has 0 fully saturated rings. The first-order chi connectivity index (χ1) is 12.2. The van der Waals surface area contributed by atoms with E-state index < -0.39 is 0 Å². The maximum atomic E-state index is 12.4. The van der Waals surface area contributed by atoms with E-state index in [1.54, 1.807) is 42.5 Å². The van der Waals surface area contributed by atoms with E-state index in [9.17, 15) is 4.79 Å². The third-order valence-corrected chi connectivity index (χ3v) is 4.53. The van der Waals surface area contributed by atoms with E-state index in [0.29, 0.717) is 16.5 Å². The number of amides is 1. The molecular weight excluding hydrogens is 338 g/mol. The van der Waals surface area contributed by atoms with Gasteiger partial charge in [-0.25, -0.2) is 15.0 Å². The first kappa shape index (κ1) is 15.3. The number of carbonyl (C=O) groups excluding carboxylic acids is 1. The number of methoxy groups -OCH3 is 1. The van der Waals surface area contributed by atoms with Gasteiger partial charge in [0.25, 0.3) is 5.91 Å². The number of imidazole rings is 1. The van der Waals surface area contributed by atoms with Gasteiger partial charge in [0.1, 0.15) is 17.9 Å². The van der Waals surface area contributed by atoms with Gasteiger partial charge in [-0.2, -0.15) is 0 Å². The zero-order valence-corrected chi connectivity index (χ0v) is 14.0. The Hall–Kier alpha value is -3.26. The second-order valence-electron chi connectivity index (χ2n) is 5.18. The summed E-state index contributed by atoms with van der Waals surface area (Å²) >= 11 is 1.40. The quantitative estimate of drug-likeness (QED) is 0.611. The normalized spacial score (nSPS) is 10.8. The molecule has 0 aliphatic rings. The van der Waals surface area contributed by atoms with Gasteiger partial charge >= 0.3 is 0 Å². The van der Waals surface area contributed by atoms with Crippen molar-refractivity contribution < 1.29 is 9.53 Å². The van der Waals surface area contributed by atoms with Crippen molar-refractivity contribution in [2.75, 3.05) is 12.4 Å². The molecule has 25 heavy (non-hydrogen) atoms. The molecule has 0 saturated carbocycles. The molecule has 0 aliphatic carbocycles. The first-order valence-electron chi connectivity index (χ1n) is 7.43. The van der Waals surface area contributed by atoms with E-state index in [1.807, 2.05) is 18.2 Å². The Balaban J connectivity index is 1.53. The maximum absolute atomic E-state index is 12.4. The summed E-state index contributed by atoms with van der Waals surface area (Å²) in [6.45, 7) is 0. The van der Waals surface area contributed by atoms with Crippen LogP contribution in [0.3, 0.4) is 0 Å². The van der Waals surface area contributed by atoms with Gasteiger partial charge in [0.15, 0.2) is 5.13 Å². The number of rotatable bonds is 4. The van der Waals surface area contributed by atoms with Gasteiger partial charge in [0.2, 0.25) is 0 Å². The predicted octanol–water partition coefficient (Wildman–Crippen LogP) is 3.14. The lowest BCUT2D eigenvalue weighted by molar-refractivity contribution is 0.102. The van der Waals surface area contributed by atoms with Gasteiger partial charge in [-0.1, -0.05) is 11.3 Å². The van der Waals surface area contributed by atoms with Gasteiger partial charge < -0.3 is 4.74 Å². The number of nitrogens with one attached hydrogen (secondary N) is 1. The number of ether oxygens (including phenoxy) is 1. The molecule has 0 bridgehead atoms. The second-order valence-corrected chi connectivity index (χ2v) is 6.21. The number of hydrogen-bond donors (Lipinski definition) is 1.